The van der Waals surface area contributed by atoms with Gasteiger partial charge in [0.15, 0.2) is 0 Å². The van der Waals surface area contributed by atoms with Crippen LogP contribution in [0.5, 0.6) is 0 Å². The Morgan fingerprint density at radius 3 is 2.39 bits per heavy atom. The van der Waals surface area contributed by atoms with Gasteiger partial charge in [-0.15, -0.1) is 0 Å². The number of likely N-dealkylation sites (N-methyl/N-ethyl adjacent to an activating group) is 1. The van der Waals surface area contributed by atoms with Crippen molar-refractivity contribution in [3.05, 3.63) is 29.8 Å². The molecule has 1 aliphatic rings. The molecule has 0 amide bonds. The highest BCUT2D eigenvalue weighted by Crippen LogP contribution is 2.31. The minimum atomic E-state index is -3.33. The first kappa shape index (κ1) is 13.5. The molecule has 18 heavy (non-hydrogen) atoms. The minimum Gasteiger partial charge on any atom is -0.318 e. The lowest BCUT2D eigenvalue weighted by atomic mass is 10.2. The van der Waals surface area contributed by atoms with Crippen LogP contribution >= 0.6 is 0 Å². The third kappa shape index (κ3) is 2.91. The SMILES string of the molecule is CNCCN(C1CC1)S(=O)(=O)c1ccc(C)cc1. The maximum atomic E-state index is 12.5. The van der Waals surface area contributed by atoms with Crippen molar-refractivity contribution < 1.29 is 8.42 Å². The Labute approximate surface area is 109 Å². The van der Waals surface area contributed by atoms with Crippen LogP contribution in [0.25, 0.3) is 0 Å². The van der Waals surface area contributed by atoms with Crippen molar-refractivity contribution in [2.24, 2.45) is 0 Å². The summed E-state index contributed by atoms with van der Waals surface area (Å²) in [5.41, 5.74) is 1.07. The van der Waals surface area contributed by atoms with E-state index < -0.39 is 10.0 Å². The Kier molecular flexibility index (Phi) is 4.04. The van der Waals surface area contributed by atoms with Gasteiger partial charge in [-0.25, -0.2) is 8.42 Å². The second-order valence-electron chi connectivity index (χ2n) is 4.76. The van der Waals surface area contributed by atoms with Crippen molar-refractivity contribution in [1.29, 1.82) is 0 Å². The molecule has 100 valence electrons. The first-order valence-electron chi connectivity index (χ1n) is 6.29. The molecule has 2 rings (SSSR count). The first-order valence-corrected chi connectivity index (χ1v) is 7.73. The molecule has 0 aliphatic heterocycles. The molecule has 0 aromatic heterocycles. The lowest BCUT2D eigenvalue weighted by molar-refractivity contribution is 0.402. The fourth-order valence-corrected chi connectivity index (χ4v) is 3.61. The summed E-state index contributed by atoms with van der Waals surface area (Å²) < 4.78 is 26.7. The molecule has 1 aliphatic carbocycles. The number of sulfonamides is 1. The second kappa shape index (κ2) is 5.38. The molecule has 0 bridgehead atoms. The zero-order valence-electron chi connectivity index (χ0n) is 10.9. The molecular formula is C13H20N2O2S. The molecule has 0 heterocycles. The second-order valence-corrected chi connectivity index (χ2v) is 6.65. The highest BCUT2D eigenvalue weighted by atomic mass is 32.2. The first-order chi connectivity index (χ1) is 8.55. The van der Waals surface area contributed by atoms with Crippen molar-refractivity contribution in [1.82, 2.24) is 9.62 Å². The smallest absolute Gasteiger partial charge is 0.243 e. The molecule has 0 atom stereocenters. The summed E-state index contributed by atoms with van der Waals surface area (Å²) in [6, 6.07) is 7.27. The van der Waals surface area contributed by atoms with E-state index in [-0.39, 0.29) is 6.04 Å². The van der Waals surface area contributed by atoms with E-state index in [1.54, 1.807) is 16.4 Å². The van der Waals surface area contributed by atoms with Crippen LogP contribution in [-0.4, -0.2) is 38.9 Å². The highest BCUT2D eigenvalue weighted by molar-refractivity contribution is 7.89. The van der Waals surface area contributed by atoms with Crippen molar-refractivity contribution in [3.63, 3.8) is 0 Å². The number of nitrogens with zero attached hydrogens (tertiary/aromatic N) is 1. The zero-order chi connectivity index (χ0) is 13.2. The highest BCUT2D eigenvalue weighted by Gasteiger charge is 2.37. The predicted octanol–water partition coefficient (Wildman–Crippen LogP) is 1.37. The number of nitrogens with one attached hydrogen (secondary N) is 1. The van der Waals surface area contributed by atoms with Gasteiger partial charge in [-0.05, 0) is 38.9 Å². The van der Waals surface area contributed by atoms with E-state index in [0.29, 0.717) is 18.0 Å². The summed E-state index contributed by atoms with van der Waals surface area (Å²) in [4.78, 5) is 0.399. The van der Waals surface area contributed by atoms with Gasteiger partial charge in [0.2, 0.25) is 10.0 Å². The van der Waals surface area contributed by atoms with Crippen LogP contribution in [0.2, 0.25) is 0 Å². The van der Waals surface area contributed by atoms with Crippen LogP contribution in [0.15, 0.2) is 29.2 Å². The standard InChI is InChI=1S/C13H20N2O2S/c1-11-3-7-13(8-4-11)18(16,17)15(10-9-14-2)12-5-6-12/h3-4,7-8,12,14H,5-6,9-10H2,1-2H3. The number of hydrogen-bond acceptors (Lipinski definition) is 3. The Hall–Kier alpha value is -0.910. The van der Waals surface area contributed by atoms with Gasteiger partial charge < -0.3 is 5.32 Å². The lowest BCUT2D eigenvalue weighted by Gasteiger charge is -2.21. The summed E-state index contributed by atoms with van der Waals surface area (Å²) in [6.45, 7) is 3.18. The van der Waals surface area contributed by atoms with Crippen molar-refractivity contribution in [2.45, 2.75) is 30.7 Å². The summed E-state index contributed by atoms with van der Waals surface area (Å²) in [6.07, 6.45) is 1.96. The fraction of sp³-hybridized carbons (Fsp3) is 0.538. The summed E-state index contributed by atoms with van der Waals surface area (Å²) >= 11 is 0. The van der Waals surface area contributed by atoms with Crippen molar-refractivity contribution >= 4 is 10.0 Å². The molecule has 0 spiro atoms. The van der Waals surface area contributed by atoms with Crippen molar-refractivity contribution in [3.8, 4) is 0 Å². The molecule has 1 aromatic carbocycles. The van der Waals surface area contributed by atoms with Crippen LogP contribution in [0.1, 0.15) is 18.4 Å². The molecule has 4 nitrogen and oxygen atoms in total. The normalized spacial score (nSPS) is 16.2. The van der Waals surface area contributed by atoms with Gasteiger partial charge in [0.05, 0.1) is 4.90 Å². The van der Waals surface area contributed by atoms with Gasteiger partial charge in [-0.3, -0.25) is 0 Å². The number of aryl methyl sites for hydroxylation is 1. The van der Waals surface area contributed by atoms with Crippen LogP contribution in [0, 0.1) is 6.92 Å². The van der Waals surface area contributed by atoms with Gasteiger partial charge in [-0.1, -0.05) is 17.7 Å². The van der Waals surface area contributed by atoms with E-state index in [9.17, 15) is 8.42 Å². The van der Waals surface area contributed by atoms with Crippen LogP contribution in [0.3, 0.4) is 0 Å². The molecule has 0 saturated heterocycles. The van der Waals surface area contributed by atoms with E-state index in [0.717, 1.165) is 18.4 Å². The zero-order valence-corrected chi connectivity index (χ0v) is 11.7. The van der Waals surface area contributed by atoms with Crippen molar-refractivity contribution in [2.75, 3.05) is 20.1 Å². The average Bonchev–Trinajstić information content (AvgIpc) is 3.14. The van der Waals surface area contributed by atoms with Gasteiger partial charge in [0, 0.05) is 19.1 Å². The number of hydrogen-bond donors (Lipinski definition) is 1. The number of benzene rings is 1. The van der Waals surface area contributed by atoms with Gasteiger partial charge in [-0.2, -0.15) is 4.31 Å². The summed E-state index contributed by atoms with van der Waals surface area (Å²) in [5.74, 6) is 0. The minimum absolute atomic E-state index is 0.199. The van der Waals surface area contributed by atoms with Gasteiger partial charge >= 0.3 is 0 Å². The van der Waals surface area contributed by atoms with Crippen LogP contribution < -0.4 is 5.32 Å². The Morgan fingerprint density at radius 1 is 1.28 bits per heavy atom. The largest absolute Gasteiger partial charge is 0.318 e. The Balaban J connectivity index is 2.24. The Bertz CT molecular complexity index is 492. The third-order valence-corrected chi connectivity index (χ3v) is 5.13. The topological polar surface area (TPSA) is 49.4 Å². The van der Waals surface area contributed by atoms with E-state index in [2.05, 4.69) is 5.32 Å². The maximum absolute atomic E-state index is 12.5. The molecule has 1 N–H and O–H groups in total. The monoisotopic (exact) mass is 268 g/mol. The maximum Gasteiger partial charge on any atom is 0.243 e. The lowest BCUT2D eigenvalue weighted by Crippen LogP contribution is -2.37. The molecule has 1 fully saturated rings. The van der Waals surface area contributed by atoms with Crippen LogP contribution in [0.4, 0.5) is 0 Å². The van der Waals surface area contributed by atoms with E-state index in [1.165, 1.54) is 0 Å². The summed E-state index contributed by atoms with van der Waals surface area (Å²) in [7, 11) is -1.50. The average molecular weight is 268 g/mol. The molecule has 0 unspecified atom stereocenters. The Morgan fingerprint density at radius 2 is 1.89 bits per heavy atom. The fourth-order valence-electron chi connectivity index (χ4n) is 1.93. The molecule has 1 aromatic rings. The predicted molar refractivity (Wildman–Crippen MR) is 72.0 cm³/mol. The van der Waals surface area contributed by atoms with E-state index in [1.807, 2.05) is 26.1 Å². The molecular weight excluding hydrogens is 248 g/mol. The third-order valence-electron chi connectivity index (χ3n) is 3.16. The van der Waals surface area contributed by atoms with Gasteiger partial charge in [0.1, 0.15) is 0 Å². The molecule has 1 saturated carbocycles. The number of rotatable bonds is 6. The summed E-state index contributed by atoms with van der Waals surface area (Å²) in [5, 5.41) is 3.01. The van der Waals surface area contributed by atoms with Crippen LogP contribution in [-0.2, 0) is 10.0 Å². The quantitative estimate of drug-likeness (QED) is 0.847. The molecule has 5 heteroatoms. The van der Waals surface area contributed by atoms with E-state index >= 15 is 0 Å². The van der Waals surface area contributed by atoms with Gasteiger partial charge in [0.25, 0.3) is 0 Å². The van der Waals surface area contributed by atoms with E-state index in [4.69, 9.17) is 0 Å². The molecule has 0 radical (unpaired) electrons.